The van der Waals surface area contributed by atoms with E-state index in [1.807, 2.05) is 52.0 Å². The molecule has 1 aromatic rings. The van der Waals surface area contributed by atoms with Crippen molar-refractivity contribution in [1.82, 2.24) is 10.6 Å². The van der Waals surface area contributed by atoms with E-state index in [2.05, 4.69) is 26.6 Å². The summed E-state index contributed by atoms with van der Waals surface area (Å²) >= 11 is 3.42. The van der Waals surface area contributed by atoms with E-state index in [0.29, 0.717) is 11.3 Å². The van der Waals surface area contributed by atoms with Crippen LogP contribution in [0, 0.1) is 5.41 Å². The number of benzene rings is 1. The lowest BCUT2D eigenvalue weighted by Crippen LogP contribution is -2.46. The molecule has 2 atom stereocenters. The molecule has 24 heavy (non-hydrogen) atoms. The maximum Gasteiger partial charge on any atom is 0.338 e. The molecule has 1 aromatic carbocycles. The topological polar surface area (TPSA) is 67.4 Å². The zero-order valence-electron chi connectivity index (χ0n) is 14.6. The van der Waals surface area contributed by atoms with E-state index in [1.54, 1.807) is 6.92 Å². The molecule has 1 heterocycles. The Hall–Kier alpha value is -1.82. The zero-order valence-corrected chi connectivity index (χ0v) is 16.2. The van der Waals surface area contributed by atoms with E-state index < -0.39 is 12.0 Å². The van der Waals surface area contributed by atoms with Crippen molar-refractivity contribution in [3.8, 4) is 0 Å². The number of urea groups is 1. The first-order chi connectivity index (χ1) is 11.1. The third kappa shape index (κ3) is 4.17. The summed E-state index contributed by atoms with van der Waals surface area (Å²) in [7, 11) is 0. The van der Waals surface area contributed by atoms with Crippen LogP contribution in [-0.2, 0) is 9.53 Å². The fraction of sp³-hybridized carbons (Fsp3) is 0.444. The second-order valence-electron chi connectivity index (χ2n) is 7.04. The van der Waals surface area contributed by atoms with Gasteiger partial charge in [0.25, 0.3) is 0 Å². The SMILES string of the molecule is CC1=C(C(=O)O[C@H](C)C(C)(C)C)[C@H](c2cccc(Br)c2)NC(=O)N1. The fourth-order valence-corrected chi connectivity index (χ4v) is 2.72. The van der Waals surface area contributed by atoms with E-state index in [9.17, 15) is 9.59 Å². The van der Waals surface area contributed by atoms with E-state index in [-0.39, 0.29) is 17.6 Å². The number of nitrogens with one attached hydrogen (secondary N) is 2. The Bertz CT molecular complexity index is 692. The van der Waals surface area contributed by atoms with E-state index in [0.717, 1.165) is 10.0 Å². The van der Waals surface area contributed by atoms with E-state index in [1.165, 1.54) is 0 Å². The normalized spacial score (nSPS) is 19.4. The zero-order chi connectivity index (χ0) is 18.1. The molecule has 1 aliphatic rings. The number of allylic oxidation sites excluding steroid dienone is 1. The first-order valence-electron chi connectivity index (χ1n) is 7.84. The average molecular weight is 395 g/mol. The van der Waals surface area contributed by atoms with Crippen LogP contribution in [0.1, 0.15) is 46.2 Å². The third-order valence-electron chi connectivity index (χ3n) is 4.17. The summed E-state index contributed by atoms with van der Waals surface area (Å²) < 4.78 is 6.52. The van der Waals surface area contributed by atoms with Crippen molar-refractivity contribution in [1.29, 1.82) is 0 Å². The van der Waals surface area contributed by atoms with Gasteiger partial charge in [0.1, 0.15) is 6.10 Å². The summed E-state index contributed by atoms with van der Waals surface area (Å²) in [5.74, 6) is -0.424. The molecular weight excluding hydrogens is 372 g/mol. The predicted molar refractivity (Wildman–Crippen MR) is 96.3 cm³/mol. The quantitative estimate of drug-likeness (QED) is 0.759. The molecule has 2 amide bonds. The second-order valence-corrected chi connectivity index (χ2v) is 7.95. The van der Waals surface area contributed by atoms with Crippen molar-refractivity contribution in [2.24, 2.45) is 5.41 Å². The molecule has 0 aromatic heterocycles. The van der Waals surface area contributed by atoms with Crippen molar-refractivity contribution in [3.63, 3.8) is 0 Å². The first kappa shape index (κ1) is 18.5. The number of carbonyl (C=O) groups is 2. The maximum atomic E-state index is 12.8. The predicted octanol–water partition coefficient (Wildman–Crippen LogP) is 4.05. The van der Waals surface area contributed by atoms with Gasteiger partial charge in [0.05, 0.1) is 11.6 Å². The fourth-order valence-electron chi connectivity index (χ4n) is 2.30. The van der Waals surface area contributed by atoms with Gasteiger partial charge in [0.15, 0.2) is 0 Å². The van der Waals surface area contributed by atoms with Gasteiger partial charge < -0.3 is 15.4 Å². The van der Waals surface area contributed by atoms with Gasteiger partial charge in [-0.05, 0) is 37.0 Å². The Kier molecular flexibility index (Phi) is 5.38. The number of amides is 2. The molecule has 0 radical (unpaired) electrons. The minimum absolute atomic E-state index is 0.166. The summed E-state index contributed by atoms with van der Waals surface area (Å²) in [5, 5.41) is 5.46. The van der Waals surface area contributed by atoms with Gasteiger partial charge in [0.2, 0.25) is 0 Å². The van der Waals surface area contributed by atoms with Crippen molar-refractivity contribution >= 4 is 27.9 Å². The summed E-state index contributed by atoms with van der Waals surface area (Å²) in [6.07, 6.45) is -0.258. The number of esters is 1. The summed E-state index contributed by atoms with van der Waals surface area (Å²) in [4.78, 5) is 24.6. The molecule has 0 spiro atoms. The number of hydrogen-bond acceptors (Lipinski definition) is 3. The molecule has 0 saturated heterocycles. The monoisotopic (exact) mass is 394 g/mol. The van der Waals surface area contributed by atoms with Gasteiger partial charge in [-0.1, -0.05) is 48.8 Å². The molecule has 0 saturated carbocycles. The second kappa shape index (κ2) is 6.97. The number of rotatable bonds is 3. The van der Waals surface area contributed by atoms with Crippen LogP contribution in [0.5, 0.6) is 0 Å². The minimum Gasteiger partial charge on any atom is -0.459 e. The van der Waals surface area contributed by atoms with Crippen LogP contribution in [0.25, 0.3) is 0 Å². The Morgan fingerprint density at radius 1 is 1.33 bits per heavy atom. The smallest absolute Gasteiger partial charge is 0.338 e. The molecule has 0 fully saturated rings. The lowest BCUT2D eigenvalue weighted by molar-refractivity contribution is -0.149. The van der Waals surface area contributed by atoms with Gasteiger partial charge in [-0.15, -0.1) is 0 Å². The van der Waals surface area contributed by atoms with Crippen LogP contribution in [0.3, 0.4) is 0 Å². The number of carbonyl (C=O) groups excluding carboxylic acids is 2. The van der Waals surface area contributed by atoms with Crippen molar-refractivity contribution in [2.45, 2.75) is 46.8 Å². The van der Waals surface area contributed by atoms with Crippen molar-refractivity contribution in [3.05, 3.63) is 45.6 Å². The molecular formula is C18H23BrN2O3. The van der Waals surface area contributed by atoms with Crippen molar-refractivity contribution in [2.75, 3.05) is 0 Å². The number of hydrogen-bond donors (Lipinski definition) is 2. The molecule has 0 bridgehead atoms. The molecule has 2 rings (SSSR count). The molecule has 0 aliphatic carbocycles. The summed E-state index contributed by atoms with van der Waals surface area (Å²) in [6, 6.07) is 6.62. The van der Waals surface area contributed by atoms with E-state index in [4.69, 9.17) is 4.74 Å². The minimum atomic E-state index is -0.545. The average Bonchev–Trinajstić information content (AvgIpc) is 2.45. The highest BCUT2D eigenvalue weighted by Gasteiger charge is 2.34. The van der Waals surface area contributed by atoms with Gasteiger partial charge in [-0.25, -0.2) is 9.59 Å². The van der Waals surface area contributed by atoms with Gasteiger partial charge in [-0.2, -0.15) is 0 Å². The molecule has 2 N–H and O–H groups in total. The Balaban J connectivity index is 2.37. The van der Waals surface area contributed by atoms with E-state index >= 15 is 0 Å². The van der Waals surface area contributed by atoms with Crippen LogP contribution in [0.15, 0.2) is 40.0 Å². The Labute approximate surface area is 151 Å². The molecule has 6 heteroatoms. The van der Waals surface area contributed by atoms with Crippen LogP contribution < -0.4 is 10.6 Å². The molecule has 1 aliphatic heterocycles. The first-order valence-corrected chi connectivity index (χ1v) is 8.63. The van der Waals surface area contributed by atoms with Crippen LogP contribution >= 0.6 is 15.9 Å². The largest absolute Gasteiger partial charge is 0.459 e. The molecule has 5 nitrogen and oxygen atoms in total. The lowest BCUT2D eigenvalue weighted by atomic mass is 9.90. The molecule has 130 valence electrons. The lowest BCUT2D eigenvalue weighted by Gasteiger charge is -2.31. The van der Waals surface area contributed by atoms with Gasteiger partial charge in [-0.3, -0.25) is 0 Å². The summed E-state index contributed by atoms with van der Waals surface area (Å²) in [6.45, 7) is 9.62. The van der Waals surface area contributed by atoms with Crippen LogP contribution in [0.2, 0.25) is 0 Å². The summed E-state index contributed by atoms with van der Waals surface area (Å²) in [5.41, 5.74) is 1.58. The third-order valence-corrected chi connectivity index (χ3v) is 4.67. The number of halogens is 1. The standard InChI is InChI=1S/C18H23BrN2O3/c1-10-14(16(22)24-11(2)18(3,4)5)15(21-17(23)20-10)12-7-6-8-13(19)9-12/h6-9,11,15H,1-5H3,(H2,20,21,23)/t11-,15+/m1/s1. The maximum absolute atomic E-state index is 12.8. The van der Waals surface area contributed by atoms with Gasteiger partial charge in [0, 0.05) is 10.2 Å². The Morgan fingerprint density at radius 3 is 2.58 bits per heavy atom. The highest BCUT2D eigenvalue weighted by molar-refractivity contribution is 9.10. The van der Waals surface area contributed by atoms with Gasteiger partial charge >= 0.3 is 12.0 Å². The molecule has 0 unspecified atom stereocenters. The van der Waals surface area contributed by atoms with Crippen LogP contribution in [0.4, 0.5) is 4.79 Å². The van der Waals surface area contributed by atoms with Crippen molar-refractivity contribution < 1.29 is 14.3 Å². The highest BCUT2D eigenvalue weighted by atomic mass is 79.9. The van der Waals surface area contributed by atoms with Crippen LogP contribution in [-0.4, -0.2) is 18.1 Å². The highest BCUT2D eigenvalue weighted by Crippen LogP contribution is 2.31. The Morgan fingerprint density at radius 2 is 2.00 bits per heavy atom. The number of ether oxygens (including phenoxy) is 1.